The third kappa shape index (κ3) is 3.67. The molecule has 0 fully saturated rings. The van der Waals surface area contributed by atoms with E-state index < -0.39 is 6.10 Å². The first-order valence-corrected chi connectivity index (χ1v) is 8.33. The molecule has 130 valence electrons. The number of hydrogen-bond acceptors (Lipinski definition) is 3. The van der Waals surface area contributed by atoms with Crippen molar-refractivity contribution >= 4 is 16.8 Å². The maximum atomic E-state index is 12.3. The molecule has 0 bridgehead atoms. The van der Waals surface area contributed by atoms with Gasteiger partial charge in [0.25, 0.3) is 5.91 Å². The number of hydrogen-bond donors (Lipinski definition) is 2. The minimum atomic E-state index is -0.766. The van der Waals surface area contributed by atoms with Gasteiger partial charge in [-0.05, 0) is 37.3 Å². The zero-order valence-electron chi connectivity index (χ0n) is 14.4. The lowest BCUT2D eigenvalue weighted by Crippen LogP contribution is -2.28. The van der Waals surface area contributed by atoms with E-state index in [2.05, 4.69) is 5.32 Å². The molecule has 5 nitrogen and oxygen atoms in total. The van der Waals surface area contributed by atoms with Crippen molar-refractivity contribution in [3.05, 3.63) is 65.9 Å². The first-order valence-electron chi connectivity index (χ1n) is 8.33. The van der Waals surface area contributed by atoms with Crippen LogP contribution in [0.1, 0.15) is 28.9 Å². The highest BCUT2D eigenvalue weighted by atomic mass is 16.5. The van der Waals surface area contributed by atoms with Crippen LogP contribution in [-0.4, -0.2) is 28.7 Å². The van der Waals surface area contributed by atoms with E-state index in [9.17, 15) is 9.90 Å². The van der Waals surface area contributed by atoms with Crippen molar-refractivity contribution in [2.75, 3.05) is 13.2 Å². The van der Waals surface area contributed by atoms with Crippen molar-refractivity contribution < 1.29 is 14.6 Å². The van der Waals surface area contributed by atoms with Gasteiger partial charge in [-0.15, -0.1) is 0 Å². The Morgan fingerprint density at radius 3 is 2.64 bits per heavy atom. The van der Waals surface area contributed by atoms with E-state index in [4.69, 9.17) is 4.74 Å². The summed E-state index contributed by atoms with van der Waals surface area (Å²) in [6.07, 6.45) is 1.14. The number of rotatable bonds is 6. The number of aliphatic hydroxyl groups is 1. The highest BCUT2D eigenvalue weighted by Crippen LogP contribution is 2.25. The predicted molar refractivity (Wildman–Crippen MR) is 97.8 cm³/mol. The largest absolute Gasteiger partial charge is 0.494 e. The third-order valence-corrected chi connectivity index (χ3v) is 4.17. The Labute approximate surface area is 146 Å². The summed E-state index contributed by atoms with van der Waals surface area (Å²) in [6.45, 7) is 2.65. The summed E-state index contributed by atoms with van der Waals surface area (Å²) in [7, 11) is 1.94. The number of amides is 1. The molecule has 1 amide bonds. The zero-order valence-corrected chi connectivity index (χ0v) is 14.4. The average molecular weight is 338 g/mol. The van der Waals surface area contributed by atoms with Gasteiger partial charge in [0.2, 0.25) is 0 Å². The number of aliphatic hydroxyl groups excluding tert-OH is 1. The Balaban J connectivity index is 1.67. The Morgan fingerprint density at radius 2 is 1.92 bits per heavy atom. The summed E-state index contributed by atoms with van der Waals surface area (Å²) >= 11 is 0. The molecule has 0 spiro atoms. The molecule has 0 radical (unpaired) electrons. The maximum Gasteiger partial charge on any atom is 0.251 e. The van der Waals surface area contributed by atoms with Crippen LogP contribution in [0.25, 0.3) is 10.9 Å². The number of fused-ring (bicyclic) bond motifs is 1. The molecule has 0 aliphatic carbocycles. The van der Waals surface area contributed by atoms with Crippen molar-refractivity contribution in [1.29, 1.82) is 0 Å². The fourth-order valence-electron chi connectivity index (χ4n) is 2.91. The second-order valence-electron chi connectivity index (χ2n) is 5.90. The quantitative estimate of drug-likeness (QED) is 0.726. The van der Waals surface area contributed by atoms with Gasteiger partial charge in [0.1, 0.15) is 5.75 Å². The lowest BCUT2D eigenvalue weighted by atomic mass is 10.1. The van der Waals surface area contributed by atoms with Crippen LogP contribution in [0.4, 0.5) is 0 Å². The van der Waals surface area contributed by atoms with Crippen LogP contribution in [-0.2, 0) is 7.05 Å². The molecule has 25 heavy (non-hydrogen) atoms. The van der Waals surface area contributed by atoms with Crippen molar-refractivity contribution in [2.24, 2.45) is 7.05 Å². The van der Waals surface area contributed by atoms with Crippen LogP contribution in [0, 0.1) is 0 Å². The fourth-order valence-corrected chi connectivity index (χ4v) is 2.91. The minimum absolute atomic E-state index is 0.153. The summed E-state index contributed by atoms with van der Waals surface area (Å²) in [5.41, 5.74) is 2.40. The van der Waals surface area contributed by atoms with Crippen LogP contribution in [0.3, 0.4) is 0 Å². The fraction of sp³-hybridized carbons (Fsp3) is 0.250. The highest BCUT2D eigenvalue weighted by Gasteiger charge is 2.16. The van der Waals surface area contributed by atoms with E-state index in [1.165, 1.54) is 0 Å². The molecule has 1 atom stereocenters. The number of aromatic nitrogens is 1. The van der Waals surface area contributed by atoms with E-state index in [-0.39, 0.29) is 12.5 Å². The zero-order chi connectivity index (χ0) is 17.8. The number of aryl methyl sites for hydroxylation is 1. The molecule has 2 N–H and O–H groups in total. The molecular weight excluding hydrogens is 316 g/mol. The standard InChI is InChI=1S/C20H22N2O3/c1-3-25-15-10-8-14(9-11-15)20(24)21-12-19(23)17-13-22(2)18-7-5-4-6-16(17)18/h4-11,13,19,23H,3,12H2,1-2H3,(H,21,24). The Hall–Kier alpha value is -2.79. The molecule has 3 rings (SSSR count). The molecule has 0 aliphatic rings. The number of carbonyl (C=O) groups is 1. The number of nitrogens with one attached hydrogen (secondary N) is 1. The van der Waals surface area contributed by atoms with Crippen molar-refractivity contribution in [2.45, 2.75) is 13.0 Å². The van der Waals surface area contributed by atoms with Gasteiger partial charge in [-0.25, -0.2) is 0 Å². The first kappa shape index (κ1) is 17.0. The van der Waals surface area contributed by atoms with Crippen LogP contribution >= 0.6 is 0 Å². The van der Waals surface area contributed by atoms with Crippen molar-refractivity contribution in [3.63, 3.8) is 0 Å². The lowest BCUT2D eigenvalue weighted by molar-refractivity contribution is 0.0917. The third-order valence-electron chi connectivity index (χ3n) is 4.17. The average Bonchev–Trinajstić information content (AvgIpc) is 2.98. The second kappa shape index (κ2) is 7.40. The van der Waals surface area contributed by atoms with Crippen LogP contribution in [0.2, 0.25) is 0 Å². The van der Waals surface area contributed by atoms with Crippen LogP contribution < -0.4 is 10.1 Å². The van der Waals surface area contributed by atoms with Gasteiger partial charge >= 0.3 is 0 Å². The van der Waals surface area contributed by atoms with Crippen LogP contribution in [0.15, 0.2) is 54.7 Å². The van der Waals surface area contributed by atoms with Gasteiger partial charge < -0.3 is 19.7 Å². The summed E-state index contributed by atoms with van der Waals surface area (Å²) in [5, 5.41) is 14.3. The van der Waals surface area contributed by atoms with E-state index >= 15 is 0 Å². The highest BCUT2D eigenvalue weighted by molar-refractivity contribution is 5.94. The van der Waals surface area contributed by atoms with Gasteiger partial charge in [0, 0.05) is 41.8 Å². The smallest absolute Gasteiger partial charge is 0.251 e. The lowest BCUT2D eigenvalue weighted by Gasteiger charge is -2.12. The molecule has 5 heteroatoms. The predicted octanol–water partition coefficient (Wildman–Crippen LogP) is 3.04. The minimum Gasteiger partial charge on any atom is -0.494 e. The normalized spacial score (nSPS) is 12.1. The van der Waals surface area contributed by atoms with E-state index in [0.29, 0.717) is 12.2 Å². The summed E-state index contributed by atoms with van der Waals surface area (Å²) in [5.74, 6) is 0.511. The molecule has 0 saturated heterocycles. The molecular formula is C20H22N2O3. The van der Waals surface area contributed by atoms with Gasteiger partial charge in [0.15, 0.2) is 0 Å². The number of benzene rings is 2. The molecule has 1 heterocycles. The van der Waals surface area contributed by atoms with Gasteiger partial charge in [-0.2, -0.15) is 0 Å². The molecule has 1 unspecified atom stereocenters. The molecule has 0 saturated carbocycles. The number of nitrogens with zero attached hydrogens (tertiary/aromatic N) is 1. The van der Waals surface area contributed by atoms with E-state index in [0.717, 1.165) is 22.2 Å². The summed E-state index contributed by atoms with van der Waals surface area (Å²) < 4.78 is 7.34. The van der Waals surface area contributed by atoms with E-state index in [1.807, 2.05) is 49.0 Å². The Bertz CT molecular complexity index is 868. The Kier molecular flexibility index (Phi) is 5.05. The van der Waals surface area contributed by atoms with Crippen molar-refractivity contribution in [1.82, 2.24) is 9.88 Å². The van der Waals surface area contributed by atoms with Gasteiger partial charge in [0.05, 0.1) is 12.7 Å². The van der Waals surface area contributed by atoms with Crippen LogP contribution in [0.5, 0.6) is 5.75 Å². The van der Waals surface area contributed by atoms with E-state index in [1.54, 1.807) is 24.3 Å². The Morgan fingerprint density at radius 1 is 1.20 bits per heavy atom. The number of carbonyl (C=O) groups excluding carboxylic acids is 1. The maximum absolute atomic E-state index is 12.3. The SMILES string of the molecule is CCOc1ccc(C(=O)NCC(O)c2cn(C)c3ccccc23)cc1. The van der Waals surface area contributed by atoms with Gasteiger partial charge in [-0.3, -0.25) is 4.79 Å². The van der Waals surface area contributed by atoms with Gasteiger partial charge in [-0.1, -0.05) is 18.2 Å². The molecule has 0 aliphatic heterocycles. The second-order valence-corrected chi connectivity index (χ2v) is 5.90. The first-order chi connectivity index (χ1) is 12.1. The summed E-state index contributed by atoms with van der Waals surface area (Å²) in [6, 6.07) is 14.8. The topological polar surface area (TPSA) is 63.5 Å². The molecule has 2 aromatic carbocycles. The number of para-hydroxylation sites is 1. The monoisotopic (exact) mass is 338 g/mol. The molecule has 1 aromatic heterocycles. The molecule has 3 aromatic rings. The summed E-state index contributed by atoms with van der Waals surface area (Å²) in [4.78, 5) is 12.3. The number of ether oxygens (including phenoxy) is 1. The van der Waals surface area contributed by atoms with Crippen molar-refractivity contribution in [3.8, 4) is 5.75 Å².